The highest BCUT2D eigenvalue weighted by Crippen LogP contribution is 2.30. The van der Waals surface area contributed by atoms with Crippen LogP contribution in [0.25, 0.3) is 0 Å². The number of ether oxygens (including phenoxy) is 1. The second kappa shape index (κ2) is 8.33. The third-order valence-corrected chi connectivity index (χ3v) is 5.37. The first-order chi connectivity index (χ1) is 13.3. The van der Waals surface area contributed by atoms with Crippen LogP contribution in [0.1, 0.15) is 30.5 Å². The normalized spacial score (nSPS) is 18.6. The number of rotatable bonds is 5. The summed E-state index contributed by atoms with van der Waals surface area (Å²) in [5, 5.41) is 6.88. The molecule has 1 heterocycles. The van der Waals surface area contributed by atoms with Gasteiger partial charge >= 0.3 is 5.97 Å². The van der Waals surface area contributed by atoms with Crippen molar-refractivity contribution < 1.29 is 14.3 Å². The lowest BCUT2D eigenvalue weighted by Gasteiger charge is -2.38. The van der Waals surface area contributed by atoms with E-state index in [0.29, 0.717) is 17.9 Å². The van der Waals surface area contributed by atoms with Gasteiger partial charge in [0.1, 0.15) is 6.04 Å². The summed E-state index contributed by atoms with van der Waals surface area (Å²) in [6.07, 6.45) is 0.905. The number of methoxy groups -OCH3 is 1. The standard InChI is InChI=1S/C22H25ClN2O3/c1-22(2)17-7-5-4-6-15(17)13-18(25-22)20(26)24-19(21(27)28-3)12-14-8-10-16(23)11-9-14/h4-11,18-19,25H,12-13H2,1-3H3,(H,24,26). The molecule has 148 valence electrons. The van der Waals surface area contributed by atoms with E-state index < -0.39 is 18.1 Å². The van der Waals surface area contributed by atoms with Crippen LogP contribution in [0.4, 0.5) is 0 Å². The second-order valence-electron chi connectivity index (χ2n) is 7.60. The number of benzene rings is 2. The lowest BCUT2D eigenvalue weighted by molar-refractivity contribution is -0.145. The van der Waals surface area contributed by atoms with E-state index in [0.717, 1.165) is 11.1 Å². The molecule has 5 nitrogen and oxygen atoms in total. The van der Waals surface area contributed by atoms with Crippen LogP contribution in [-0.4, -0.2) is 31.1 Å². The molecule has 2 atom stereocenters. The molecule has 0 saturated carbocycles. The first kappa shape index (κ1) is 20.4. The van der Waals surface area contributed by atoms with E-state index >= 15 is 0 Å². The Bertz CT molecular complexity index is 864. The Labute approximate surface area is 170 Å². The molecular formula is C22H25ClN2O3. The Morgan fingerprint density at radius 3 is 2.57 bits per heavy atom. The van der Waals surface area contributed by atoms with Gasteiger partial charge in [0.25, 0.3) is 0 Å². The third-order valence-electron chi connectivity index (χ3n) is 5.12. The number of carbonyl (C=O) groups excluding carboxylic acids is 2. The van der Waals surface area contributed by atoms with Crippen molar-refractivity contribution in [3.63, 3.8) is 0 Å². The van der Waals surface area contributed by atoms with Gasteiger partial charge in [0, 0.05) is 17.0 Å². The van der Waals surface area contributed by atoms with Crippen LogP contribution in [-0.2, 0) is 32.7 Å². The second-order valence-corrected chi connectivity index (χ2v) is 8.03. The topological polar surface area (TPSA) is 67.4 Å². The molecule has 2 aromatic carbocycles. The monoisotopic (exact) mass is 400 g/mol. The fourth-order valence-corrected chi connectivity index (χ4v) is 3.84. The number of nitrogens with one attached hydrogen (secondary N) is 2. The van der Waals surface area contributed by atoms with Gasteiger partial charge in [0.2, 0.25) is 5.91 Å². The summed E-state index contributed by atoms with van der Waals surface area (Å²) in [5.74, 6) is -0.689. The van der Waals surface area contributed by atoms with Crippen molar-refractivity contribution in [3.8, 4) is 0 Å². The molecule has 1 aliphatic heterocycles. The Morgan fingerprint density at radius 1 is 1.21 bits per heavy atom. The maximum absolute atomic E-state index is 13.0. The van der Waals surface area contributed by atoms with Crippen molar-refractivity contribution >= 4 is 23.5 Å². The molecule has 0 radical (unpaired) electrons. The van der Waals surface area contributed by atoms with Crippen LogP contribution in [0.2, 0.25) is 5.02 Å². The summed E-state index contributed by atoms with van der Waals surface area (Å²) in [7, 11) is 1.32. The zero-order valence-corrected chi connectivity index (χ0v) is 17.0. The number of halogens is 1. The number of esters is 1. The molecule has 3 rings (SSSR count). The van der Waals surface area contributed by atoms with Gasteiger partial charge < -0.3 is 10.1 Å². The van der Waals surface area contributed by atoms with Crippen molar-refractivity contribution in [2.24, 2.45) is 0 Å². The van der Waals surface area contributed by atoms with Gasteiger partial charge in [0.15, 0.2) is 0 Å². The third kappa shape index (κ3) is 4.54. The van der Waals surface area contributed by atoms with Gasteiger partial charge in [-0.25, -0.2) is 4.79 Å². The predicted octanol–water partition coefficient (Wildman–Crippen LogP) is 2.99. The largest absolute Gasteiger partial charge is 0.467 e. The molecule has 2 unspecified atom stereocenters. The fraction of sp³-hybridized carbons (Fsp3) is 0.364. The summed E-state index contributed by atoms with van der Waals surface area (Å²) in [6, 6.07) is 14.1. The van der Waals surface area contributed by atoms with E-state index in [1.807, 2.05) is 30.3 Å². The lowest BCUT2D eigenvalue weighted by atomic mass is 9.82. The molecule has 0 fully saturated rings. The molecule has 2 N–H and O–H groups in total. The first-order valence-electron chi connectivity index (χ1n) is 9.29. The number of hydrogen-bond donors (Lipinski definition) is 2. The Morgan fingerprint density at radius 2 is 1.89 bits per heavy atom. The minimum Gasteiger partial charge on any atom is -0.467 e. The molecule has 2 aromatic rings. The fourth-order valence-electron chi connectivity index (χ4n) is 3.71. The van der Waals surface area contributed by atoms with Crippen molar-refractivity contribution in [2.75, 3.05) is 7.11 Å². The van der Waals surface area contributed by atoms with Gasteiger partial charge in [-0.3, -0.25) is 10.1 Å². The van der Waals surface area contributed by atoms with Gasteiger partial charge in [-0.1, -0.05) is 48.0 Å². The number of fused-ring (bicyclic) bond motifs is 1. The molecule has 6 heteroatoms. The van der Waals surface area contributed by atoms with Crippen LogP contribution in [0, 0.1) is 0 Å². The van der Waals surface area contributed by atoms with E-state index in [1.165, 1.54) is 12.7 Å². The zero-order valence-electron chi connectivity index (χ0n) is 16.3. The summed E-state index contributed by atoms with van der Waals surface area (Å²) in [6.45, 7) is 4.10. The summed E-state index contributed by atoms with van der Waals surface area (Å²) < 4.78 is 4.89. The molecular weight excluding hydrogens is 376 g/mol. The van der Waals surface area contributed by atoms with Gasteiger partial charge in [-0.05, 0) is 49.1 Å². The molecule has 0 saturated heterocycles. The van der Waals surface area contributed by atoms with Gasteiger partial charge in [-0.2, -0.15) is 0 Å². The van der Waals surface area contributed by atoms with E-state index in [-0.39, 0.29) is 11.4 Å². The highest BCUT2D eigenvalue weighted by molar-refractivity contribution is 6.30. The Hall–Kier alpha value is -2.37. The van der Waals surface area contributed by atoms with Crippen LogP contribution >= 0.6 is 11.6 Å². The van der Waals surface area contributed by atoms with E-state index in [1.54, 1.807) is 12.1 Å². The molecule has 0 bridgehead atoms. The van der Waals surface area contributed by atoms with Crippen molar-refractivity contribution in [2.45, 2.75) is 44.3 Å². The Kier molecular flexibility index (Phi) is 6.06. The van der Waals surface area contributed by atoms with Crippen molar-refractivity contribution in [3.05, 3.63) is 70.2 Å². The maximum Gasteiger partial charge on any atom is 0.328 e. The van der Waals surface area contributed by atoms with E-state index in [9.17, 15) is 9.59 Å². The number of amides is 1. The first-order valence-corrected chi connectivity index (χ1v) is 9.66. The predicted molar refractivity (Wildman–Crippen MR) is 109 cm³/mol. The highest BCUT2D eigenvalue weighted by atomic mass is 35.5. The average molecular weight is 401 g/mol. The van der Waals surface area contributed by atoms with Crippen LogP contribution in [0.5, 0.6) is 0 Å². The van der Waals surface area contributed by atoms with Crippen LogP contribution < -0.4 is 10.6 Å². The summed E-state index contributed by atoms with van der Waals surface area (Å²) >= 11 is 5.92. The molecule has 1 aliphatic rings. The van der Waals surface area contributed by atoms with Crippen molar-refractivity contribution in [1.29, 1.82) is 0 Å². The molecule has 0 spiro atoms. The number of carbonyl (C=O) groups is 2. The molecule has 1 amide bonds. The van der Waals surface area contributed by atoms with Gasteiger partial charge in [-0.15, -0.1) is 0 Å². The highest BCUT2D eigenvalue weighted by Gasteiger charge is 2.36. The summed E-state index contributed by atoms with van der Waals surface area (Å²) in [5.41, 5.74) is 2.87. The average Bonchev–Trinajstić information content (AvgIpc) is 2.68. The SMILES string of the molecule is COC(=O)C(Cc1ccc(Cl)cc1)NC(=O)C1Cc2ccccc2C(C)(C)N1. The summed E-state index contributed by atoms with van der Waals surface area (Å²) in [4.78, 5) is 25.2. The molecule has 28 heavy (non-hydrogen) atoms. The number of hydrogen-bond acceptors (Lipinski definition) is 4. The minimum atomic E-state index is -0.763. The Balaban J connectivity index is 1.75. The minimum absolute atomic E-state index is 0.216. The zero-order chi connectivity index (χ0) is 20.3. The van der Waals surface area contributed by atoms with Crippen LogP contribution in [0.3, 0.4) is 0 Å². The maximum atomic E-state index is 13.0. The molecule has 0 aliphatic carbocycles. The van der Waals surface area contributed by atoms with Gasteiger partial charge in [0.05, 0.1) is 13.2 Å². The van der Waals surface area contributed by atoms with Crippen LogP contribution in [0.15, 0.2) is 48.5 Å². The molecule has 0 aromatic heterocycles. The van der Waals surface area contributed by atoms with E-state index in [2.05, 4.69) is 30.5 Å². The smallest absolute Gasteiger partial charge is 0.328 e. The van der Waals surface area contributed by atoms with E-state index in [4.69, 9.17) is 16.3 Å². The quantitative estimate of drug-likeness (QED) is 0.757. The lowest BCUT2D eigenvalue weighted by Crippen LogP contribution is -2.58. The van der Waals surface area contributed by atoms with Crippen molar-refractivity contribution in [1.82, 2.24) is 10.6 Å².